The van der Waals surface area contributed by atoms with Gasteiger partial charge in [0.2, 0.25) is 11.8 Å². The molecule has 186 valence electrons. The van der Waals surface area contributed by atoms with E-state index >= 15 is 0 Å². The normalized spacial score (nSPS) is 21.1. The number of carbonyl (C=O) groups is 3. The summed E-state index contributed by atoms with van der Waals surface area (Å²) in [5.74, 6) is 0.0439. The molecule has 0 bridgehead atoms. The van der Waals surface area contributed by atoms with Gasteiger partial charge in [-0.15, -0.1) is 0 Å². The Morgan fingerprint density at radius 1 is 1.18 bits per heavy atom. The van der Waals surface area contributed by atoms with Crippen molar-refractivity contribution in [2.45, 2.75) is 83.6 Å². The molecule has 2 fully saturated rings. The number of carboxylic acids is 1. The Morgan fingerprint density at radius 2 is 1.91 bits per heavy atom. The number of anilines is 1. The highest BCUT2D eigenvalue weighted by Crippen LogP contribution is 2.36. The van der Waals surface area contributed by atoms with Crippen LogP contribution in [0, 0.1) is 11.3 Å². The first-order chi connectivity index (χ1) is 16.3. The van der Waals surface area contributed by atoms with E-state index in [1.165, 1.54) is 5.56 Å². The molecule has 0 spiro atoms. The number of hydrogen-bond donors (Lipinski definition) is 3. The first-order valence-corrected chi connectivity index (χ1v) is 12.9. The summed E-state index contributed by atoms with van der Waals surface area (Å²) in [6, 6.07) is 3.15. The number of carboxylic acid groups (broad SMARTS) is 1. The minimum Gasteiger partial charge on any atom is -0.480 e. The molecule has 1 aromatic rings. The molecule has 2 amide bonds. The van der Waals surface area contributed by atoms with Crippen LogP contribution in [0.4, 0.5) is 5.82 Å². The number of nitrogens with one attached hydrogen (secondary N) is 2. The minimum absolute atomic E-state index is 0.0648. The number of aromatic nitrogens is 1. The molecular formula is C26H38N4O4. The van der Waals surface area contributed by atoms with Gasteiger partial charge in [-0.05, 0) is 62.5 Å². The van der Waals surface area contributed by atoms with Gasteiger partial charge in [-0.25, -0.2) is 9.78 Å². The maximum Gasteiger partial charge on any atom is 0.326 e. The van der Waals surface area contributed by atoms with Gasteiger partial charge in [-0.3, -0.25) is 9.59 Å². The zero-order chi connectivity index (χ0) is 24.1. The van der Waals surface area contributed by atoms with Crippen molar-refractivity contribution in [1.29, 1.82) is 0 Å². The van der Waals surface area contributed by atoms with Gasteiger partial charge in [0.05, 0.1) is 12.1 Å². The van der Waals surface area contributed by atoms with Gasteiger partial charge in [0.15, 0.2) is 0 Å². The maximum atomic E-state index is 12.8. The lowest BCUT2D eigenvalue weighted by Gasteiger charge is -2.35. The number of amides is 2. The second kappa shape index (κ2) is 10.7. The Balaban J connectivity index is 1.26. The number of likely N-dealkylation sites (tertiary alicyclic amines) is 1. The van der Waals surface area contributed by atoms with Gasteiger partial charge in [0, 0.05) is 25.0 Å². The highest BCUT2D eigenvalue weighted by Gasteiger charge is 2.37. The summed E-state index contributed by atoms with van der Waals surface area (Å²) in [5.41, 5.74) is 1.54. The molecule has 34 heavy (non-hydrogen) atoms. The fraction of sp³-hybridized carbons (Fsp3) is 0.692. The fourth-order valence-electron chi connectivity index (χ4n) is 5.60. The second-order valence-electron chi connectivity index (χ2n) is 10.6. The van der Waals surface area contributed by atoms with Gasteiger partial charge in [-0.1, -0.05) is 32.3 Å². The summed E-state index contributed by atoms with van der Waals surface area (Å²) in [5, 5.41) is 15.9. The van der Waals surface area contributed by atoms with Crippen molar-refractivity contribution in [3.05, 3.63) is 23.4 Å². The number of aliphatic carboxylic acids is 1. The summed E-state index contributed by atoms with van der Waals surface area (Å²) < 4.78 is 0. The number of piperidine rings is 1. The molecule has 0 radical (unpaired) electrons. The third-order valence-corrected chi connectivity index (χ3v) is 7.93. The number of carbonyl (C=O) groups excluding carboxylic acids is 2. The van der Waals surface area contributed by atoms with Crippen molar-refractivity contribution in [3.8, 4) is 0 Å². The van der Waals surface area contributed by atoms with Crippen molar-refractivity contribution in [3.63, 3.8) is 0 Å². The molecular weight excluding hydrogens is 432 g/mol. The predicted molar refractivity (Wildman–Crippen MR) is 129 cm³/mol. The molecule has 8 heteroatoms. The van der Waals surface area contributed by atoms with Crippen LogP contribution >= 0.6 is 0 Å². The van der Waals surface area contributed by atoms with Gasteiger partial charge < -0.3 is 20.6 Å². The van der Waals surface area contributed by atoms with Gasteiger partial charge in [-0.2, -0.15) is 0 Å². The van der Waals surface area contributed by atoms with Crippen LogP contribution in [0.25, 0.3) is 0 Å². The lowest BCUT2D eigenvalue weighted by molar-refractivity contribution is -0.145. The molecule has 0 aromatic carbocycles. The predicted octanol–water partition coefficient (Wildman–Crippen LogP) is 3.15. The highest BCUT2D eigenvalue weighted by molar-refractivity contribution is 5.87. The molecule has 0 unspecified atom stereocenters. The standard InChI is InChI=1S/C26H38N4O4/c1-26(11-3-2-4-12-26)25(34)29-21(24(32)33)16-18-9-14-30(15-10-18)22(31)17-20-8-7-19-6-5-13-27-23(19)28-20/h7-8,18,21H,2-6,9-17H2,1H3,(H,27,28)(H,29,34)(H,32,33)/t21-/m0/s1. The van der Waals surface area contributed by atoms with Crippen molar-refractivity contribution in [1.82, 2.24) is 15.2 Å². The zero-order valence-electron chi connectivity index (χ0n) is 20.3. The molecule has 1 saturated heterocycles. The lowest BCUT2D eigenvalue weighted by Crippen LogP contribution is -2.49. The highest BCUT2D eigenvalue weighted by atomic mass is 16.4. The molecule has 2 aliphatic heterocycles. The monoisotopic (exact) mass is 470 g/mol. The quantitative estimate of drug-likeness (QED) is 0.564. The Labute approximate surface area is 201 Å². The van der Waals surface area contributed by atoms with Crippen LogP contribution in [0.2, 0.25) is 0 Å². The number of pyridine rings is 1. The number of rotatable bonds is 7. The zero-order valence-corrected chi connectivity index (χ0v) is 20.3. The molecule has 3 N–H and O–H groups in total. The number of aryl methyl sites for hydroxylation is 1. The van der Waals surface area contributed by atoms with Crippen LogP contribution in [0.1, 0.15) is 76.0 Å². The van der Waals surface area contributed by atoms with Crippen LogP contribution in [0.5, 0.6) is 0 Å². The van der Waals surface area contributed by atoms with Gasteiger partial charge >= 0.3 is 5.97 Å². The Kier molecular flexibility index (Phi) is 7.73. The molecule has 1 atom stereocenters. The van der Waals surface area contributed by atoms with E-state index in [4.69, 9.17) is 0 Å². The van der Waals surface area contributed by atoms with Gasteiger partial charge in [0.25, 0.3) is 0 Å². The van der Waals surface area contributed by atoms with E-state index in [1.807, 2.05) is 17.9 Å². The van der Waals surface area contributed by atoms with E-state index in [0.717, 1.165) is 75.8 Å². The average molecular weight is 471 g/mol. The molecule has 1 saturated carbocycles. The number of fused-ring (bicyclic) bond motifs is 1. The summed E-state index contributed by atoms with van der Waals surface area (Å²) in [6.07, 6.45) is 9.15. The van der Waals surface area contributed by atoms with E-state index in [0.29, 0.717) is 19.5 Å². The van der Waals surface area contributed by atoms with Crippen molar-refractivity contribution in [2.75, 3.05) is 25.0 Å². The molecule has 4 rings (SSSR count). The second-order valence-corrected chi connectivity index (χ2v) is 10.6. The van der Waals surface area contributed by atoms with E-state index in [-0.39, 0.29) is 24.2 Å². The van der Waals surface area contributed by atoms with Crippen LogP contribution in [-0.2, 0) is 27.2 Å². The molecule has 8 nitrogen and oxygen atoms in total. The Hall–Kier alpha value is -2.64. The topological polar surface area (TPSA) is 112 Å². The first-order valence-electron chi connectivity index (χ1n) is 12.9. The third kappa shape index (κ3) is 5.88. The van der Waals surface area contributed by atoms with Crippen molar-refractivity contribution >= 4 is 23.6 Å². The van der Waals surface area contributed by atoms with E-state index in [2.05, 4.69) is 21.7 Å². The van der Waals surface area contributed by atoms with E-state index in [9.17, 15) is 19.5 Å². The number of hydrogen-bond acceptors (Lipinski definition) is 5. The summed E-state index contributed by atoms with van der Waals surface area (Å²) >= 11 is 0. The average Bonchev–Trinajstić information content (AvgIpc) is 2.84. The summed E-state index contributed by atoms with van der Waals surface area (Å²) in [6.45, 7) is 4.11. The van der Waals surface area contributed by atoms with Crippen LogP contribution in [-0.4, -0.2) is 58.5 Å². The Morgan fingerprint density at radius 3 is 2.62 bits per heavy atom. The summed E-state index contributed by atoms with van der Waals surface area (Å²) in [4.78, 5) is 44.1. The number of nitrogens with zero attached hydrogens (tertiary/aromatic N) is 2. The van der Waals surface area contributed by atoms with Crippen LogP contribution in [0.15, 0.2) is 12.1 Å². The lowest BCUT2D eigenvalue weighted by atomic mass is 9.75. The molecule has 1 aromatic heterocycles. The van der Waals surface area contributed by atoms with E-state index in [1.54, 1.807) is 0 Å². The van der Waals surface area contributed by atoms with Crippen LogP contribution in [0.3, 0.4) is 0 Å². The summed E-state index contributed by atoms with van der Waals surface area (Å²) in [7, 11) is 0. The molecule has 3 aliphatic rings. The van der Waals surface area contributed by atoms with E-state index < -0.39 is 17.4 Å². The third-order valence-electron chi connectivity index (χ3n) is 7.93. The smallest absolute Gasteiger partial charge is 0.326 e. The minimum atomic E-state index is -0.974. The molecule has 3 heterocycles. The largest absolute Gasteiger partial charge is 0.480 e. The van der Waals surface area contributed by atoms with Crippen molar-refractivity contribution < 1.29 is 19.5 Å². The Bertz CT molecular complexity index is 904. The van der Waals surface area contributed by atoms with Gasteiger partial charge in [0.1, 0.15) is 11.9 Å². The van der Waals surface area contributed by atoms with Crippen molar-refractivity contribution in [2.24, 2.45) is 11.3 Å². The fourth-order valence-corrected chi connectivity index (χ4v) is 5.60. The molecule has 1 aliphatic carbocycles. The van der Waals surface area contributed by atoms with Crippen LogP contribution < -0.4 is 10.6 Å². The SMILES string of the molecule is CC1(C(=O)N[C@@H](CC2CCN(C(=O)Cc3ccc4c(n3)NCCC4)CC2)C(=O)O)CCCCC1. The maximum absolute atomic E-state index is 12.8. The first kappa shape index (κ1) is 24.5.